The van der Waals surface area contributed by atoms with E-state index < -0.39 is 0 Å². The van der Waals surface area contributed by atoms with Gasteiger partial charge < -0.3 is 9.64 Å². The number of hydrogen-bond acceptors (Lipinski definition) is 5. The van der Waals surface area contributed by atoms with Gasteiger partial charge in [-0.1, -0.05) is 32.9 Å². The maximum absolute atomic E-state index is 12.7. The van der Waals surface area contributed by atoms with Gasteiger partial charge in [0.1, 0.15) is 5.01 Å². The molecule has 2 heterocycles. The topological polar surface area (TPSA) is 45.7 Å². The van der Waals surface area contributed by atoms with Crippen LogP contribution in [0.3, 0.4) is 0 Å². The summed E-state index contributed by atoms with van der Waals surface area (Å²) in [6.07, 6.45) is 0. The van der Waals surface area contributed by atoms with Crippen LogP contribution in [0, 0.1) is 0 Å². The van der Waals surface area contributed by atoms with E-state index in [0.717, 1.165) is 43.5 Å². The smallest absolute Gasteiger partial charge is 0.253 e. The number of carbonyl (C=O) groups excluding carboxylic acids is 1. The Kier molecular flexibility index (Phi) is 6.29. The Balaban J connectivity index is 1.58. The van der Waals surface area contributed by atoms with E-state index in [2.05, 4.69) is 31.1 Å². The number of benzene rings is 1. The van der Waals surface area contributed by atoms with Crippen molar-refractivity contribution in [1.29, 1.82) is 0 Å². The van der Waals surface area contributed by atoms with E-state index in [1.165, 1.54) is 5.56 Å². The van der Waals surface area contributed by atoms with Gasteiger partial charge in [0.05, 0.1) is 32.0 Å². The number of carbonyl (C=O) groups is 1. The van der Waals surface area contributed by atoms with Crippen molar-refractivity contribution in [2.24, 2.45) is 0 Å². The number of rotatable bonds is 5. The van der Waals surface area contributed by atoms with Crippen molar-refractivity contribution in [2.45, 2.75) is 39.3 Å². The fraction of sp³-hybridized carbons (Fsp3) is 0.524. The summed E-state index contributed by atoms with van der Waals surface area (Å²) in [6.45, 7) is 11.4. The second kappa shape index (κ2) is 8.50. The SMILES string of the molecule is CN(Cc1csc(CN2CCOCC2)n1)C(=O)c1ccc(C(C)(C)C)cc1. The van der Waals surface area contributed by atoms with Gasteiger partial charge in [-0.2, -0.15) is 0 Å². The molecule has 1 aliphatic rings. The van der Waals surface area contributed by atoms with Crippen LogP contribution in [0.2, 0.25) is 0 Å². The maximum atomic E-state index is 12.7. The van der Waals surface area contributed by atoms with Crippen molar-refractivity contribution >= 4 is 17.2 Å². The third kappa shape index (κ3) is 5.37. The highest BCUT2D eigenvalue weighted by Crippen LogP contribution is 2.23. The highest BCUT2D eigenvalue weighted by molar-refractivity contribution is 7.09. The first kappa shape index (κ1) is 20.0. The van der Waals surface area contributed by atoms with E-state index >= 15 is 0 Å². The summed E-state index contributed by atoms with van der Waals surface area (Å²) < 4.78 is 5.39. The molecule has 6 heteroatoms. The molecule has 3 rings (SSSR count). The fourth-order valence-electron chi connectivity index (χ4n) is 3.09. The number of thiazole rings is 1. The molecule has 1 aliphatic heterocycles. The molecule has 0 saturated carbocycles. The first-order valence-electron chi connectivity index (χ1n) is 9.42. The Bertz CT molecular complexity index is 758. The molecule has 0 atom stereocenters. The number of nitrogens with zero attached hydrogens (tertiary/aromatic N) is 3. The number of morpholine rings is 1. The van der Waals surface area contributed by atoms with Gasteiger partial charge in [0.2, 0.25) is 0 Å². The lowest BCUT2D eigenvalue weighted by Gasteiger charge is -2.25. The van der Waals surface area contributed by atoms with E-state index in [1.807, 2.05) is 31.3 Å². The Morgan fingerprint density at radius 3 is 2.52 bits per heavy atom. The van der Waals surface area contributed by atoms with Gasteiger partial charge in [-0.3, -0.25) is 9.69 Å². The van der Waals surface area contributed by atoms with Crippen molar-refractivity contribution in [3.8, 4) is 0 Å². The summed E-state index contributed by atoms with van der Waals surface area (Å²) in [5.74, 6) is 0.0261. The standard InChI is InChI=1S/C21H29N3O2S/c1-21(2,3)17-7-5-16(6-8-17)20(25)23(4)13-18-15-27-19(22-18)14-24-9-11-26-12-10-24/h5-8,15H,9-14H2,1-4H3. The molecule has 0 unspecified atom stereocenters. The summed E-state index contributed by atoms with van der Waals surface area (Å²) >= 11 is 1.67. The molecular weight excluding hydrogens is 358 g/mol. The molecule has 0 aliphatic carbocycles. The highest BCUT2D eigenvalue weighted by Gasteiger charge is 2.18. The van der Waals surface area contributed by atoms with E-state index in [0.29, 0.717) is 12.1 Å². The summed E-state index contributed by atoms with van der Waals surface area (Å²) in [5.41, 5.74) is 2.99. The van der Waals surface area contributed by atoms with Crippen molar-refractivity contribution in [3.63, 3.8) is 0 Å². The lowest BCUT2D eigenvalue weighted by atomic mass is 9.86. The molecule has 0 radical (unpaired) electrons. The number of aromatic nitrogens is 1. The van der Waals surface area contributed by atoms with Gasteiger partial charge >= 0.3 is 0 Å². The Morgan fingerprint density at radius 2 is 1.89 bits per heavy atom. The molecule has 1 amide bonds. The Labute approximate surface area is 166 Å². The zero-order valence-corrected chi connectivity index (χ0v) is 17.5. The van der Waals surface area contributed by atoms with Crippen LogP contribution in [0.5, 0.6) is 0 Å². The molecule has 1 aromatic carbocycles. The fourth-order valence-corrected chi connectivity index (χ4v) is 3.92. The van der Waals surface area contributed by atoms with E-state index in [-0.39, 0.29) is 11.3 Å². The Hall–Kier alpha value is -1.76. The van der Waals surface area contributed by atoms with Crippen LogP contribution in [-0.4, -0.2) is 54.0 Å². The van der Waals surface area contributed by atoms with Crippen molar-refractivity contribution < 1.29 is 9.53 Å². The van der Waals surface area contributed by atoms with Crippen LogP contribution >= 0.6 is 11.3 Å². The van der Waals surface area contributed by atoms with E-state index in [1.54, 1.807) is 16.2 Å². The minimum Gasteiger partial charge on any atom is -0.379 e. The van der Waals surface area contributed by atoms with Gasteiger partial charge in [0, 0.05) is 31.1 Å². The molecule has 5 nitrogen and oxygen atoms in total. The lowest BCUT2D eigenvalue weighted by molar-refractivity contribution is 0.0341. The lowest BCUT2D eigenvalue weighted by Crippen LogP contribution is -2.35. The number of amides is 1. The van der Waals surface area contributed by atoms with E-state index in [9.17, 15) is 4.79 Å². The zero-order chi connectivity index (χ0) is 19.4. The van der Waals surface area contributed by atoms with Crippen LogP contribution in [0.4, 0.5) is 0 Å². The minimum absolute atomic E-state index is 0.0261. The first-order valence-corrected chi connectivity index (χ1v) is 10.3. The van der Waals surface area contributed by atoms with Crippen LogP contribution in [0.15, 0.2) is 29.6 Å². The molecule has 146 valence electrons. The second-order valence-electron chi connectivity index (χ2n) is 8.11. The monoisotopic (exact) mass is 387 g/mol. The first-order chi connectivity index (χ1) is 12.8. The average Bonchev–Trinajstić information content (AvgIpc) is 3.08. The average molecular weight is 388 g/mol. The summed E-state index contributed by atoms with van der Waals surface area (Å²) in [6, 6.07) is 7.93. The molecule has 27 heavy (non-hydrogen) atoms. The van der Waals surface area contributed by atoms with Crippen molar-refractivity contribution in [1.82, 2.24) is 14.8 Å². The molecule has 1 aromatic heterocycles. The molecule has 1 fully saturated rings. The van der Waals surface area contributed by atoms with Gasteiger partial charge in [-0.25, -0.2) is 4.98 Å². The quantitative estimate of drug-likeness (QED) is 0.787. The number of ether oxygens (including phenoxy) is 1. The van der Waals surface area contributed by atoms with Crippen LogP contribution < -0.4 is 0 Å². The van der Waals surface area contributed by atoms with Crippen LogP contribution in [0.25, 0.3) is 0 Å². The Morgan fingerprint density at radius 1 is 1.22 bits per heavy atom. The van der Waals surface area contributed by atoms with E-state index in [4.69, 9.17) is 9.72 Å². The summed E-state index contributed by atoms with van der Waals surface area (Å²) in [4.78, 5) is 21.5. The normalized spacial score (nSPS) is 15.7. The summed E-state index contributed by atoms with van der Waals surface area (Å²) in [7, 11) is 1.83. The predicted octanol–water partition coefficient (Wildman–Crippen LogP) is 3.55. The van der Waals surface area contributed by atoms with Crippen molar-refractivity contribution in [3.05, 3.63) is 51.5 Å². The van der Waals surface area contributed by atoms with Crippen LogP contribution in [0.1, 0.15) is 47.4 Å². The molecule has 0 bridgehead atoms. The van der Waals surface area contributed by atoms with Gasteiger partial charge in [0.15, 0.2) is 0 Å². The van der Waals surface area contributed by atoms with Crippen LogP contribution in [-0.2, 0) is 23.2 Å². The van der Waals surface area contributed by atoms with Gasteiger partial charge in [-0.05, 0) is 23.1 Å². The molecular formula is C21H29N3O2S. The molecule has 1 saturated heterocycles. The zero-order valence-electron chi connectivity index (χ0n) is 16.7. The third-order valence-corrected chi connectivity index (χ3v) is 5.69. The van der Waals surface area contributed by atoms with Gasteiger partial charge in [0.25, 0.3) is 5.91 Å². The largest absolute Gasteiger partial charge is 0.379 e. The minimum atomic E-state index is 0.0261. The highest BCUT2D eigenvalue weighted by atomic mass is 32.1. The molecule has 0 N–H and O–H groups in total. The second-order valence-corrected chi connectivity index (χ2v) is 9.05. The number of hydrogen-bond donors (Lipinski definition) is 0. The predicted molar refractivity (Wildman–Crippen MR) is 109 cm³/mol. The van der Waals surface area contributed by atoms with Gasteiger partial charge in [-0.15, -0.1) is 11.3 Å². The maximum Gasteiger partial charge on any atom is 0.253 e. The molecule has 2 aromatic rings. The summed E-state index contributed by atoms with van der Waals surface area (Å²) in [5, 5.41) is 3.16. The molecule has 0 spiro atoms. The third-order valence-electron chi connectivity index (χ3n) is 4.81. The van der Waals surface area contributed by atoms with Crippen molar-refractivity contribution in [2.75, 3.05) is 33.4 Å².